The minimum absolute atomic E-state index is 0.901. The fourth-order valence-corrected chi connectivity index (χ4v) is 0.214. The van der Waals surface area contributed by atoms with Crippen molar-refractivity contribution in [3.05, 3.63) is 12.7 Å². The molecule has 0 rings (SSSR count). The highest BCUT2D eigenvalue weighted by molar-refractivity contribution is 5.67. The lowest BCUT2D eigenvalue weighted by atomic mass is 10.6. The Bertz CT molecular complexity index is 114. The molecule has 0 spiro atoms. The van der Waals surface area contributed by atoms with Gasteiger partial charge >= 0.3 is 6.09 Å². The molecule has 0 aliphatic rings. The van der Waals surface area contributed by atoms with Crippen LogP contribution in [0.3, 0.4) is 0 Å². The summed E-state index contributed by atoms with van der Waals surface area (Å²) in [7, 11) is 0. The SMILES string of the molecule is C=CC(O)NC(=O)ON. The first-order valence-corrected chi connectivity index (χ1v) is 2.18. The van der Waals surface area contributed by atoms with Crippen LogP contribution in [0.5, 0.6) is 0 Å². The molecule has 0 saturated heterocycles. The van der Waals surface area contributed by atoms with Crippen LogP contribution in [-0.4, -0.2) is 17.4 Å². The van der Waals surface area contributed by atoms with Crippen LogP contribution in [0.1, 0.15) is 0 Å². The van der Waals surface area contributed by atoms with E-state index in [2.05, 4.69) is 17.3 Å². The summed E-state index contributed by atoms with van der Waals surface area (Å²) in [5, 5.41) is 10.5. The number of hydrogen-bond acceptors (Lipinski definition) is 4. The fraction of sp³-hybridized carbons (Fsp3) is 0.250. The number of aliphatic hydroxyl groups excluding tert-OH is 1. The van der Waals surface area contributed by atoms with Gasteiger partial charge in [-0.05, 0) is 6.08 Å². The van der Waals surface area contributed by atoms with Crippen LogP contribution in [-0.2, 0) is 4.84 Å². The van der Waals surface area contributed by atoms with Gasteiger partial charge in [0.15, 0.2) is 0 Å². The lowest BCUT2D eigenvalue weighted by Gasteiger charge is -2.04. The molecule has 0 aliphatic carbocycles. The Hall–Kier alpha value is -1.07. The Balaban J connectivity index is 3.46. The zero-order chi connectivity index (χ0) is 7.28. The van der Waals surface area contributed by atoms with Crippen LogP contribution in [0.2, 0.25) is 0 Å². The number of aliphatic hydroxyl groups is 1. The van der Waals surface area contributed by atoms with E-state index in [1.54, 1.807) is 0 Å². The van der Waals surface area contributed by atoms with E-state index in [0.29, 0.717) is 0 Å². The van der Waals surface area contributed by atoms with Crippen LogP contribution >= 0.6 is 0 Å². The number of hydrogen-bond donors (Lipinski definition) is 3. The molecule has 0 heterocycles. The predicted molar refractivity (Wildman–Crippen MR) is 30.0 cm³/mol. The van der Waals surface area contributed by atoms with Crippen molar-refractivity contribution in [3.63, 3.8) is 0 Å². The number of amides is 1. The van der Waals surface area contributed by atoms with Crippen molar-refractivity contribution >= 4 is 6.09 Å². The zero-order valence-corrected chi connectivity index (χ0v) is 4.70. The van der Waals surface area contributed by atoms with E-state index in [1.807, 2.05) is 5.32 Å². The van der Waals surface area contributed by atoms with Gasteiger partial charge in [-0.15, -0.1) is 0 Å². The van der Waals surface area contributed by atoms with Crippen molar-refractivity contribution in [2.24, 2.45) is 5.90 Å². The molecule has 0 aromatic carbocycles. The predicted octanol–water partition coefficient (Wildman–Crippen LogP) is -0.909. The van der Waals surface area contributed by atoms with Crippen molar-refractivity contribution in [3.8, 4) is 0 Å². The maximum atomic E-state index is 10.1. The number of carbonyl (C=O) groups is 1. The highest BCUT2D eigenvalue weighted by atomic mass is 16.7. The van der Waals surface area contributed by atoms with Gasteiger partial charge in [-0.2, -0.15) is 5.90 Å². The van der Waals surface area contributed by atoms with Gasteiger partial charge in [-0.3, -0.25) is 5.32 Å². The van der Waals surface area contributed by atoms with Gasteiger partial charge in [0.25, 0.3) is 0 Å². The summed E-state index contributed by atoms with van der Waals surface area (Å²) in [6, 6.07) is 0. The third-order valence-electron chi connectivity index (χ3n) is 0.596. The summed E-state index contributed by atoms with van der Waals surface area (Å²) in [4.78, 5) is 13.8. The van der Waals surface area contributed by atoms with Gasteiger partial charge in [0.1, 0.15) is 6.23 Å². The van der Waals surface area contributed by atoms with Crippen molar-refractivity contribution in [1.82, 2.24) is 5.32 Å². The Kier molecular flexibility index (Phi) is 3.41. The molecule has 1 amide bonds. The number of nitrogens with two attached hydrogens (primary N) is 1. The molecule has 1 atom stereocenters. The van der Waals surface area contributed by atoms with E-state index in [9.17, 15) is 4.79 Å². The largest absolute Gasteiger partial charge is 0.428 e. The Labute approximate surface area is 52.1 Å². The van der Waals surface area contributed by atoms with Crippen LogP contribution in [0, 0.1) is 0 Å². The quantitative estimate of drug-likeness (QED) is 0.258. The number of rotatable bonds is 2. The average Bonchev–Trinajstić information content (AvgIpc) is 1.87. The first-order valence-electron chi connectivity index (χ1n) is 2.18. The first kappa shape index (κ1) is 7.93. The van der Waals surface area contributed by atoms with E-state index in [4.69, 9.17) is 5.11 Å². The maximum absolute atomic E-state index is 10.1. The summed E-state index contributed by atoms with van der Waals surface area (Å²) >= 11 is 0. The molecule has 4 N–H and O–H groups in total. The smallest absolute Gasteiger partial charge is 0.370 e. The normalized spacial score (nSPS) is 11.8. The third kappa shape index (κ3) is 3.51. The minimum atomic E-state index is -1.11. The first-order chi connectivity index (χ1) is 4.20. The minimum Gasteiger partial charge on any atom is -0.370 e. The monoisotopic (exact) mass is 132 g/mol. The van der Waals surface area contributed by atoms with Gasteiger partial charge in [-0.25, -0.2) is 4.79 Å². The van der Waals surface area contributed by atoms with E-state index in [0.717, 1.165) is 6.08 Å². The molecular formula is C4H8N2O3. The molecule has 0 saturated carbocycles. The molecule has 1 unspecified atom stereocenters. The van der Waals surface area contributed by atoms with Crippen LogP contribution in [0.4, 0.5) is 4.79 Å². The molecule has 0 radical (unpaired) electrons. The van der Waals surface area contributed by atoms with Crippen LogP contribution in [0.15, 0.2) is 12.7 Å². The molecule has 0 aromatic rings. The lowest BCUT2D eigenvalue weighted by molar-refractivity contribution is 0.118. The molecule has 5 nitrogen and oxygen atoms in total. The molecule has 0 fully saturated rings. The van der Waals surface area contributed by atoms with Crippen LogP contribution in [0.25, 0.3) is 0 Å². The fourth-order valence-electron chi connectivity index (χ4n) is 0.214. The zero-order valence-electron chi connectivity index (χ0n) is 4.70. The van der Waals surface area contributed by atoms with Gasteiger partial charge in [0.2, 0.25) is 0 Å². The van der Waals surface area contributed by atoms with E-state index < -0.39 is 12.3 Å². The van der Waals surface area contributed by atoms with E-state index in [1.165, 1.54) is 0 Å². The molecule has 9 heavy (non-hydrogen) atoms. The summed E-state index contributed by atoms with van der Waals surface area (Å²) in [5.74, 6) is 4.42. The average molecular weight is 132 g/mol. The second-order valence-corrected chi connectivity index (χ2v) is 1.23. The molecule has 0 aliphatic heterocycles. The van der Waals surface area contributed by atoms with Crippen molar-refractivity contribution < 1.29 is 14.7 Å². The van der Waals surface area contributed by atoms with Crippen molar-refractivity contribution in [2.45, 2.75) is 6.23 Å². The van der Waals surface area contributed by atoms with Gasteiger partial charge in [0, 0.05) is 0 Å². The summed E-state index contributed by atoms with van der Waals surface area (Å²) < 4.78 is 0. The second-order valence-electron chi connectivity index (χ2n) is 1.23. The summed E-state index contributed by atoms with van der Waals surface area (Å²) in [6.45, 7) is 3.19. The summed E-state index contributed by atoms with van der Waals surface area (Å²) in [5.41, 5.74) is 0. The van der Waals surface area contributed by atoms with Gasteiger partial charge in [0.05, 0.1) is 0 Å². The molecule has 52 valence electrons. The lowest BCUT2D eigenvalue weighted by Crippen LogP contribution is -2.34. The Morgan fingerprint density at radius 3 is 2.89 bits per heavy atom. The van der Waals surface area contributed by atoms with E-state index >= 15 is 0 Å². The highest BCUT2D eigenvalue weighted by Gasteiger charge is 2.02. The highest BCUT2D eigenvalue weighted by Crippen LogP contribution is 1.76. The Morgan fingerprint density at radius 1 is 2.00 bits per heavy atom. The van der Waals surface area contributed by atoms with Crippen LogP contribution < -0.4 is 11.2 Å². The summed E-state index contributed by atoms with van der Waals surface area (Å²) in [6.07, 6.45) is -0.889. The van der Waals surface area contributed by atoms with Gasteiger partial charge < -0.3 is 9.94 Å². The number of nitrogens with one attached hydrogen (secondary N) is 1. The number of carbonyl (C=O) groups excluding carboxylic acids is 1. The maximum Gasteiger partial charge on any atom is 0.428 e. The third-order valence-corrected chi connectivity index (χ3v) is 0.596. The Morgan fingerprint density at radius 2 is 2.56 bits per heavy atom. The molecule has 5 heteroatoms. The molecule has 0 aromatic heterocycles. The van der Waals surface area contributed by atoms with Gasteiger partial charge in [-0.1, -0.05) is 6.58 Å². The molecule has 0 bridgehead atoms. The van der Waals surface area contributed by atoms with Crippen molar-refractivity contribution in [1.29, 1.82) is 0 Å². The standard InChI is InChI=1S/C4H8N2O3/c1-2-3(7)6-4(8)9-5/h2-3,7H,1,5H2,(H,6,8). The van der Waals surface area contributed by atoms with Crippen molar-refractivity contribution in [2.75, 3.05) is 0 Å². The second kappa shape index (κ2) is 3.88. The topological polar surface area (TPSA) is 84.6 Å². The van der Waals surface area contributed by atoms with E-state index in [-0.39, 0.29) is 0 Å². The molecular weight excluding hydrogens is 124 g/mol.